The molecule has 1 saturated heterocycles. The lowest BCUT2D eigenvalue weighted by Crippen LogP contribution is -2.23. The zero-order valence-corrected chi connectivity index (χ0v) is 11.6. The van der Waals surface area contributed by atoms with Gasteiger partial charge in [0.25, 0.3) is 0 Å². The van der Waals surface area contributed by atoms with E-state index in [1.807, 2.05) is 0 Å². The fourth-order valence-corrected chi connectivity index (χ4v) is 2.47. The summed E-state index contributed by atoms with van der Waals surface area (Å²) in [6.07, 6.45) is 7.84. The molecule has 0 aromatic rings. The van der Waals surface area contributed by atoms with Gasteiger partial charge in [0, 0.05) is 6.61 Å². The Hall–Kier alpha value is -0.120. The van der Waals surface area contributed by atoms with Gasteiger partial charge in [-0.2, -0.15) is 0 Å². The van der Waals surface area contributed by atoms with Crippen LogP contribution in [0.2, 0.25) is 0 Å². The Morgan fingerprint density at radius 3 is 2.76 bits per heavy atom. The van der Waals surface area contributed by atoms with Crippen LogP contribution in [0.5, 0.6) is 0 Å². The van der Waals surface area contributed by atoms with E-state index in [1.165, 1.54) is 32.1 Å². The molecule has 1 rings (SSSR count). The van der Waals surface area contributed by atoms with Crippen molar-refractivity contribution in [2.45, 2.75) is 58.5 Å². The molecule has 1 unspecified atom stereocenters. The van der Waals surface area contributed by atoms with Crippen molar-refractivity contribution < 1.29 is 4.74 Å². The van der Waals surface area contributed by atoms with E-state index in [0.29, 0.717) is 11.5 Å². The van der Waals surface area contributed by atoms with E-state index in [9.17, 15) is 0 Å². The molecule has 1 aliphatic rings. The van der Waals surface area contributed by atoms with E-state index >= 15 is 0 Å². The largest absolute Gasteiger partial charge is 0.378 e. The van der Waals surface area contributed by atoms with Crippen LogP contribution in [0.4, 0.5) is 0 Å². The molecule has 0 aromatic heterocycles. The molecule has 1 fully saturated rings. The van der Waals surface area contributed by atoms with Gasteiger partial charge in [-0.3, -0.25) is 0 Å². The first-order valence-electron chi connectivity index (χ1n) is 7.16. The van der Waals surface area contributed by atoms with Gasteiger partial charge < -0.3 is 15.8 Å². The molecule has 0 amide bonds. The molecule has 1 atom stereocenters. The SMILES string of the molecule is CC(C)(CCN)CCCNCCC1CCCO1. The summed E-state index contributed by atoms with van der Waals surface area (Å²) in [6.45, 7) is 8.62. The number of nitrogens with one attached hydrogen (secondary N) is 1. The maximum absolute atomic E-state index is 5.61. The molecule has 102 valence electrons. The second-order valence-corrected chi connectivity index (χ2v) is 5.98. The zero-order valence-electron chi connectivity index (χ0n) is 11.6. The topological polar surface area (TPSA) is 47.3 Å². The highest BCUT2D eigenvalue weighted by Gasteiger charge is 2.16. The summed E-state index contributed by atoms with van der Waals surface area (Å²) in [5.74, 6) is 0. The fourth-order valence-electron chi connectivity index (χ4n) is 2.47. The van der Waals surface area contributed by atoms with Crippen LogP contribution in [0, 0.1) is 5.41 Å². The maximum Gasteiger partial charge on any atom is 0.0588 e. The Bertz CT molecular complexity index is 189. The van der Waals surface area contributed by atoms with Crippen LogP contribution < -0.4 is 11.1 Å². The number of rotatable bonds is 9. The molecule has 0 aromatic carbocycles. The van der Waals surface area contributed by atoms with Crippen LogP contribution in [-0.4, -0.2) is 32.3 Å². The second-order valence-electron chi connectivity index (χ2n) is 5.98. The van der Waals surface area contributed by atoms with E-state index in [2.05, 4.69) is 19.2 Å². The fraction of sp³-hybridized carbons (Fsp3) is 1.00. The van der Waals surface area contributed by atoms with Gasteiger partial charge in [0.05, 0.1) is 6.10 Å². The summed E-state index contributed by atoms with van der Waals surface area (Å²) >= 11 is 0. The molecule has 3 nitrogen and oxygen atoms in total. The van der Waals surface area contributed by atoms with Gasteiger partial charge >= 0.3 is 0 Å². The highest BCUT2D eigenvalue weighted by molar-refractivity contribution is 4.70. The number of hydrogen-bond donors (Lipinski definition) is 2. The first-order chi connectivity index (χ1) is 8.14. The average Bonchev–Trinajstić information content (AvgIpc) is 2.76. The van der Waals surface area contributed by atoms with Crippen LogP contribution in [0.1, 0.15) is 52.4 Å². The first-order valence-corrected chi connectivity index (χ1v) is 7.16. The Morgan fingerprint density at radius 1 is 1.29 bits per heavy atom. The molecular formula is C14H30N2O. The molecule has 0 saturated carbocycles. The van der Waals surface area contributed by atoms with Gasteiger partial charge in [0.2, 0.25) is 0 Å². The summed E-state index contributed by atoms with van der Waals surface area (Å²) in [5.41, 5.74) is 6.01. The average molecular weight is 242 g/mol. The van der Waals surface area contributed by atoms with Gasteiger partial charge in [-0.25, -0.2) is 0 Å². The third-order valence-corrected chi connectivity index (χ3v) is 3.70. The lowest BCUT2D eigenvalue weighted by Gasteiger charge is -2.23. The van der Waals surface area contributed by atoms with E-state index < -0.39 is 0 Å². The summed E-state index contributed by atoms with van der Waals surface area (Å²) < 4.78 is 5.59. The number of hydrogen-bond acceptors (Lipinski definition) is 3. The molecule has 1 aliphatic heterocycles. The standard InChI is InChI=1S/C14H30N2O/c1-14(2,8-9-15)7-4-10-16-11-6-13-5-3-12-17-13/h13,16H,3-12,15H2,1-2H3. The van der Waals surface area contributed by atoms with Crippen molar-refractivity contribution in [3.63, 3.8) is 0 Å². The van der Waals surface area contributed by atoms with Crippen molar-refractivity contribution in [2.75, 3.05) is 26.2 Å². The molecule has 0 spiro atoms. The van der Waals surface area contributed by atoms with Crippen molar-refractivity contribution in [1.82, 2.24) is 5.32 Å². The minimum atomic E-state index is 0.408. The summed E-state index contributed by atoms with van der Waals surface area (Å²) in [4.78, 5) is 0. The van der Waals surface area contributed by atoms with Crippen LogP contribution in [-0.2, 0) is 4.74 Å². The Balaban J connectivity index is 1.90. The van der Waals surface area contributed by atoms with Crippen molar-refractivity contribution in [3.8, 4) is 0 Å². The molecule has 17 heavy (non-hydrogen) atoms. The maximum atomic E-state index is 5.61. The van der Waals surface area contributed by atoms with E-state index in [0.717, 1.165) is 32.7 Å². The van der Waals surface area contributed by atoms with Gasteiger partial charge in [0.15, 0.2) is 0 Å². The van der Waals surface area contributed by atoms with Crippen LogP contribution in [0.25, 0.3) is 0 Å². The predicted molar refractivity (Wildman–Crippen MR) is 73.1 cm³/mol. The molecule has 3 N–H and O–H groups in total. The summed E-state index contributed by atoms with van der Waals surface area (Å²) in [7, 11) is 0. The molecule has 0 aliphatic carbocycles. The molecule has 3 heteroatoms. The third-order valence-electron chi connectivity index (χ3n) is 3.70. The predicted octanol–water partition coefficient (Wildman–Crippen LogP) is 2.30. The molecular weight excluding hydrogens is 212 g/mol. The van der Waals surface area contributed by atoms with Crippen molar-refractivity contribution in [1.29, 1.82) is 0 Å². The van der Waals surface area contributed by atoms with Gasteiger partial charge in [-0.1, -0.05) is 13.8 Å². The highest BCUT2D eigenvalue weighted by Crippen LogP contribution is 2.25. The second kappa shape index (κ2) is 8.06. The van der Waals surface area contributed by atoms with Gasteiger partial charge in [0.1, 0.15) is 0 Å². The normalized spacial score (nSPS) is 21.0. The lowest BCUT2D eigenvalue weighted by atomic mass is 9.84. The molecule has 0 radical (unpaired) electrons. The zero-order chi connectivity index (χ0) is 12.6. The van der Waals surface area contributed by atoms with Crippen molar-refractivity contribution in [3.05, 3.63) is 0 Å². The highest BCUT2D eigenvalue weighted by atomic mass is 16.5. The Kier molecular flexibility index (Phi) is 7.09. The van der Waals surface area contributed by atoms with E-state index in [4.69, 9.17) is 10.5 Å². The van der Waals surface area contributed by atoms with Gasteiger partial charge in [-0.05, 0) is 63.6 Å². The smallest absolute Gasteiger partial charge is 0.0588 e. The molecule has 1 heterocycles. The van der Waals surface area contributed by atoms with Crippen molar-refractivity contribution in [2.24, 2.45) is 11.1 Å². The minimum Gasteiger partial charge on any atom is -0.378 e. The van der Waals surface area contributed by atoms with Gasteiger partial charge in [-0.15, -0.1) is 0 Å². The Morgan fingerprint density at radius 2 is 2.12 bits per heavy atom. The Labute approximate surface area is 106 Å². The van der Waals surface area contributed by atoms with Crippen LogP contribution in [0.3, 0.4) is 0 Å². The van der Waals surface area contributed by atoms with E-state index in [-0.39, 0.29) is 0 Å². The van der Waals surface area contributed by atoms with Crippen LogP contribution >= 0.6 is 0 Å². The quantitative estimate of drug-likeness (QED) is 0.610. The van der Waals surface area contributed by atoms with Crippen molar-refractivity contribution >= 4 is 0 Å². The minimum absolute atomic E-state index is 0.408. The number of nitrogens with two attached hydrogens (primary N) is 1. The lowest BCUT2D eigenvalue weighted by molar-refractivity contribution is 0.104. The monoisotopic (exact) mass is 242 g/mol. The first kappa shape index (κ1) is 14.9. The van der Waals surface area contributed by atoms with Crippen LogP contribution in [0.15, 0.2) is 0 Å². The van der Waals surface area contributed by atoms with E-state index in [1.54, 1.807) is 0 Å². The summed E-state index contributed by atoms with van der Waals surface area (Å²) in [6, 6.07) is 0. The summed E-state index contributed by atoms with van der Waals surface area (Å²) in [5, 5.41) is 3.52. The third kappa shape index (κ3) is 7.02. The molecule has 0 bridgehead atoms. The number of ether oxygens (including phenoxy) is 1.